The molecule has 0 aliphatic carbocycles. The predicted octanol–water partition coefficient (Wildman–Crippen LogP) is 3.82. The molecule has 0 bridgehead atoms. The van der Waals surface area contributed by atoms with Crippen LogP contribution in [0.5, 0.6) is 0 Å². The van der Waals surface area contributed by atoms with Crippen molar-refractivity contribution in [2.75, 3.05) is 18.0 Å². The fourth-order valence-electron chi connectivity index (χ4n) is 2.93. The molecule has 1 heterocycles. The molecule has 0 saturated carbocycles. The van der Waals surface area contributed by atoms with Gasteiger partial charge >= 0.3 is 0 Å². The topological polar surface area (TPSA) is 23.6 Å². The molecule has 22 heavy (non-hydrogen) atoms. The Balaban J connectivity index is 1.88. The number of nitrogens with zero attached hydrogens (tertiary/aromatic N) is 2. The van der Waals surface area contributed by atoms with Crippen molar-refractivity contribution in [3.05, 3.63) is 64.1 Å². The first-order valence-electron chi connectivity index (χ1n) is 7.46. The Morgan fingerprint density at radius 1 is 1.14 bits per heavy atom. The molecule has 0 saturated heterocycles. The molecule has 0 spiro atoms. The van der Waals surface area contributed by atoms with Crippen LogP contribution in [0.1, 0.15) is 18.1 Å². The third kappa shape index (κ3) is 3.39. The monoisotopic (exact) mass is 358 g/mol. The molecule has 1 aliphatic heterocycles. The van der Waals surface area contributed by atoms with E-state index in [-0.39, 0.29) is 5.91 Å². The standard InChI is InChI=1S/C18H19BrN2O/c1-14(22)21-10-9-20(12-15-5-3-2-4-6-15)13-16-11-17(19)7-8-18(16)21/h2-8,11H,9-10,12-13H2,1H3. The van der Waals surface area contributed by atoms with Gasteiger partial charge in [0.15, 0.2) is 0 Å². The Hall–Kier alpha value is -1.65. The van der Waals surface area contributed by atoms with Crippen molar-refractivity contribution in [1.29, 1.82) is 0 Å². The van der Waals surface area contributed by atoms with E-state index in [1.54, 1.807) is 6.92 Å². The Morgan fingerprint density at radius 3 is 2.64 bits per heavy atom. The van der Waals surface area contributed by atoms with Gasteiger partial charge in [-0.2, -0.15) is 0 Å². The SMILES string of the molecule is CC(=O)N1CCN(Cc2ccccc2)Cc2cc(Br)ccc21. The number of halogens is 1. The molecule has 3 nitrogen and oxygen atoms in total. The highest BCUT2D eigenvalue weighted by Crippen LogP contribution is 2.28. The quantitative estimate of drug-likeness (QED) is 0.814. The third-order valence-electron chi connectivity index (χ3n) is 4.00. The summed E-state index contributed by atoms with van der Waals surface area (Å²) in [4.78, 5) is 16.2. The summed E-state index contributed by atoms with van der Waals surface area (Å²) < 4.78 is 1.05. The number of anilines is 1. The lowest BCUT2D eigenvalue weighted by atomic mass is 10.1. The van der Waals surface area contributed by atoms with Gasteiger partial charge in [0.2, 0.25) is 5.91 Å². The summed E-state index contributed by atoms with van der Waals surface area (Å²) in [6, 6.07) is 16.6. The van der Waals surface area contributed by atoms with Crippen molar-refractivity contribution in [2.45, 2.75) is 20.0 Å². The average molecular weight is 359 g/mol. The smallest absolute Gasteiger partial charge is 0.223 e. The molecule has 0 atom stereocenters. The van der Waals surface area contributed by atoms with E-state index in [1.807, 2.05) is 23.1 Å². The second kappa shape index (κ2) is 6.63. The van der Waals surface area contributed by atoms with Crippen molar-refractivity contribution in [1.82, 2.24) is 4.90 Å². The van der Waals surface area contributed by atoms with Gasteiger partial charge in [0.1, 0.15) is 0 Å². The molecule has 2 aromatic carbocycles. The minimum atomic E-state index is 0.102. The van der Waals surface area contributed by atoms with Crippen molar-refractivity contribution < 1.29 is 4.79 Å². The molecule has 4 heteroatoms. The van der Waals surface area contributed by atoms with Gasteiger partial charge in [-0.05, 0) is 29.3 Å². The Labute approximate surface area is 139 Å². The van der Waals surface area contributed by atoms with E-state index in [2.05, 4.69) is 51.2 Å². The lowest BCUT2D eigenvalue weighted by molar-refractivity contribution is -0.116. The molecule has 2 aromatic rings. The molecule has 0 fully saturated rings. The summed E-state index contributed by atoms with van der Waals surface area (Å²) in [5, 5.41) is 0. The highest BCUT2D eigenvalue weighted by molar-refractivity contribution is 9.10. The third-order valence-corrected chi connectivity index (χ3v) is 4.49. The second-order valence-corrected chi connectivity index (χ2v) is 6.56. The number of rotatable bonds is 2. The summed E-state index contributed by atoms with van der Waals surface area (Å²) in [6.45, 7) is 5.00. The fourth-order valence-corrected chi connectivity index (χ4v) is 3.34. The Bertz CT molecular complexity index is 672. The number of hydrogen-bond acceptors (Lipinski definition) is 2. The van der Waals surface area contributed by atoms with Crippen LogP contribution in [-0.2, 0) is 17.9 Å². The van der Waals surface area contributed by atoms with E-state index in [1.165, 1.54) is 11.1 Å². The van der Waals surface area contributed by atoms with Crippen LogP contribution in [0.2, 0.25) is 0 Å². The Kier molecular flexibility index (Phi) is 4.60. The predicted molar refractivity (Wildman–Crippen MR) is 92.7 cm³/mol. The van der Waals surface area contributed by atoms with Crippen LogP contribution in [0.15, 0.2) is 53.0 Å². The average Bonchev–Trinajstić information content (AvgIpc) is 2.67. The number of carbonyl (C=O) groups is 1. The van der Waals surface area contributed by atoms with Gasteiger partial charge in [0, 0.05) is 43.3 Å². The van der Waals surface area contributed by atoms with E-state index < -0.39 is 0 Å². The zero-order chi connectivity index (χ0) is 15.5. The molecule has 0 unspecified atom stereocenters. The molecule has 114 valence electrons. The van der Waals surface area contributed by atoms with Crippen molar-refractivity contribution in [3.63, 3.8) is 0 Å². The number of benzene rings is 2. The Morgan fingerprint density at radius 2 is 1.91 bits per heavy atom. The molecule has 3 rings (SSSR count). The maximum Gasteiger partial charge on any atom is 0.223 e. The second-order valence-electron chi connectivity index (χ2n) is 5.64. The normalized spacial score (nSPS) is 15.3. The molecule has 0 aromatic heterocycles. The lowest BCUT2D eigenvalue weighted by Gasteiger charge is -2.21. The summed E-state index contributed by atoms with van der Waals surface area (Å²) in [5.74, 6) is 0.102. The number of fused-ring (bicyclic) bond motifs is 1. The summed E-state index contributed by atoms with van der Waals surface area (Å²) in [7, 11) is 0. The summed E-state index contributed by atoms with van der Waals surface area (Å²) in [6.07, 6.45) is 0. The van der Waals surface area contributed by atoms with Crippen LogP contribution in [0.25, 0.3) is 0 Å². The van der Waals surface area contributed by atoms with Crippen LogP contribution in [0.3, 0.4) is 0 Å². The molecule has 1 aliphatic rings. The van der Waals surface area contributed by atoms with E-state index in [4.69, 9.17) is 0 Å². The zero-order valence-electron chi connectivity index (χ0n) is 12.6. The number of hydrogen-bond donors (Lipinski definition) is 0. The van der Waals surface area contributed by atoms with Gasteiger partial charge in [-0.15, -0.1) is 0 Å². The van der Waals surface area contributed by atoms with Gasteiger partial charge in [-0.3, -0.25) is 9.69 Å². The van der Waals surface area contributed by atoms with Crippen LogP contribution in [-0.4, -0.2) is 23.9 Å². The van der Waals surface area contributed by atoms with Gasteiger partial charge < -0.3 is 4.90 Å². The molecular weight excluding hydrogens is 340 g/mol. The van der Waals surface area contributed by atoms with Crippen LogP contribution in [0.4, 0.5) is 5.69 Å². The maximum absolute atomic E-state index is 12.0. The van der Waals surface area contributed by atoms with Gasteiger partial charge in [-0.1, -0.05) is 46.3 Å². The van der Waals surface area contributed by atoms with Gasteiger partial charge in [-0.25, -0.2) is 0 Å². The molecule has 0 radical (unpaired) electrons. The van der Waals surface area contributed by atoms with E-state index in [9.17, 15) is 4.79 Å². The largest absolute Gasteiger partial charge is 0.311 e. The van der Waals surface area contributed by atoms with Crippen LogP contribution in [0, 0.1) is 0 Å². The van der Waals surface area contributed by atoms with E-state index in [0.29, 0.717) is 0 Å². The first kappa shape index (κ1) is 15.3. The summed E-state index contributed by atoms with van der Waals surface area (Å²) >= 11 is 3.54. The number of amides is 1. The number of carbonyl (C=O) groups excluding carboxylic acids is 1. The molecule has 0 N–H and O–H groups in total. The van der Waals surface area contributed by atoms with Crippen molar-refractivity contribution in [2.24, 2.45) is 0 Å². The summed E-state index contributed by atoms with van der Waals surface area (Å²) in [5.41, 5.74) is 3.53. The van der Waals surface area contributed by atoms with Crippen molar-refractivity contribution in [3.8, 4) is 0 Å². The minimum Gasteiger partial charge on any atom is -0.311 e. The first-order chi connectivity index (χ1) is 10.6. The first-order valence-corrected chi connectivity index (χ1v) is 8.25. The molecular formula is C18H19BrN2O. The minimum absolute atomic E-state index is 0.102. The lowest BCUT2D eigenvalue weighted by Crippen LogP contribution is -2.34. The fraction of sp³-hybridized carbons (Fsp3) is 0.278. The highest BCUT2D eigenvalue weighted by Gasteiger charge is 2.22. The maximum atomic E-state index is 12.0. The highest BCUT2D eigenvalue weighted by atomic mass is 79.9. The van der Waals surface area contributed by atoms with Crippen LogP contribution >= 0.6 is 15.9 Å². The molecule has 1 amide bonds. The van der Waals surface area contributed by atoms with Gasteiger partial charge in [0.05, 0.1) is 0 Å². The van der Waals surface area contributed by atoms with Gasteiger partial charge in [0.25, 0.3) is 0 Å². The van der Waals surface area contributed by atoms with Crippen molar-refractivity contribution >= 4 is 27.5 Å². The van der Waals surface area contributed by atoms with E-state index >= 15 is 0 Å². The zero-order valence-corrected chi connectivity index (χ0v) is 14.2. The van der Waals surface area contributed by atoms with Crippen LogP contribution < -0.4 is 4.90 Å². The van der Waals surface area contributed by atoms with E-state index in [0.717, 1.165) is 36.3 Å².